The van der Waals surface area contributed by atoms with Crippen molar-refractivity contribution < 1.29 is 28.6 Å². The SMILES string of the molecule is O=C(O)[C@H]1COCCN1C(=O)COc1ccc(F)cc1. The van der Waals surface area contributed by atoms with E-state index in [-0.39, 0.29) is 19.8 Å². The van der Waals surface area contributed by atoms with Gasteiger partial charge >= 0.3 is 5.97 Å². The molecule has 1 aromatic rings. The van der Waals surface area contributed by atoms with Gasteiger partial charge in [0.05, 0.1) is 13.2 Å². The van der Waals surface area contributed by atoms with Crippen molar-refractivity contribution in [1.82, 2.24) is 4.90 Å². The van der Waals surface area contributed by atoms with Gasteiger partial charge in [-0.25, -0.2) is 9.18 Å². The van der Waals surface area contributed by atoms with Crippen LogP contribution in [0.15, 0.2) is 24.3 Å². The first-order valence-electron chi connectivity index (χ1n) is 6.06. The summed E-state index contributed by atoms with van der Waals surface area (Å²) >= 11 is 0. The maximum absolute atomic E-state index is 12.7. The summed E-state index contributed by atoms with van der Waals surface area (Å²) in [5, 5.41) is 9.02. The van der Waals surface area contributed by atoms with E-state index in [9.17, 15) is 14.0 Å². The molecule has 6 nitrogen and oxygen atoms in total. The molecular weight excluding hydrogens is 269 g/mol. The minimum atomic E-state index is -1.11. The van der Waals surface area contributed by atoms with E-state index >= 15 is 0 Å². The van der Waals surface area contributed by atoms with Gasteiger partial charge in [0.1, 0.15) is 11.6 Å². The van der Waals surface area contributed by atoms with Crippen molar-refractivity contribution in [3.8, 4) is 5.75 Å². The van der Waals surface area contributed by atoms with Crippen LogP contribution in [0.1, 0.15) is 0 Å². The minimum Gasteiger partial charge on any atom is -0.484 e. The van der Waals surface area contributed by atoms with Crippen LogP contribution in [0.5, 0.6) is 5.75 Å². The van der Waals surface area contributed by atoms with Crippen molar-refractivity contribution in [3.05, 3.63) is 30.1 Å². The zero-order valence-corrected chi connectivity index (χ0v) is 10.6. The number of amides is 1. The minimum absolute atomic E-state index is 0.0301. The Kier molecular flexibility index (Phi) is 4.52. The van der Waals surface area contributed by atoms with Crippen LogP contribution in [-0.2, 0) is 14.3 Å². The van der Waals surface area contributed by atoms with Crippen LogP contribution in [0.4, 0.5) is 4.39 Å². The molecule has 0 aromatic heterocycles. The fourth-order valence-corrected chi connectivity index (χ4v) is 1.87. The quantitative estimate of drug-likeness (QED) is 0.871. The predicted molar refractivity (Wildman–Crippen MR) is 65.9 cm³/mol. The van der Waals surface area contributed by atoms with Gasteiger partial charge in [-0.15, -0.1) is 0 Å². The smallest absolute Gasteiger partial charge is 0.328 e. The molecule has 1 aliphatic heterocycles. The van der Waals surface area contributed by atoms with Gasteiger partial charge in [-0.3, -0.25) is 4.79 Å². The van der Waals surface area contributed by atoms with E-state index in [4.69, 9.17) is 14.6 Å². The van der Waals surface area contributed by atoms with Gasteiger partial charge < -0.3 is 19.5 Å². The molecule has 1 amide bonds. The summed E-state index contributed by atoms with van der Waals surface area (Å²) in [6.45, 7) is 0.182. The summed E-state index contributed by atoms with van der Waals surface area (Å²) in [6.07, 6.45) is 0. The van der Waals surface area contributed by atoms with Crippen LogP contribution in [0.3, 0.4) is 0 Å². The lowest BCUT2D eigenvalue weighted by Gasteiger charge is -2.32. The number of morpholine rings is 1. The second-order valence-electron chi connectivity index (χ2n) is 4.26. The van der Waals surface area contributed by atoms with E-state index < -0.39 is 23.7 Å². The first-order chi connectivity index (χ1) is 9.58. The molecule has 1 N–H and O–H groups in total. The summed E-state index contributed by atoms with van der Waals surface area (Å²) in [4.78, 5) is 24.2. The number of hydrogen-bond donors (Lipinski definition) is 1. The van der Waals surface area contributed by atoms with E-state index in [1.165, 1.54) is 29.2 Å². The number of hydrogen-bond acceptors (Lipinski definition) is 4. The highest BCUT2D eigenvalue weighted by molar-refractivity contribution is 5.84. The molecule has 1 atom stereocenters. The molecule has 108 valence electrons. The zero-order chi connectivity index (χ0) is 14.5. The maximum atomic E-state index is 12.7. The largest absolute Gasteiger partial charge is 0.484 e. The molecule has 0 radical (unpaired) electrons. The number of carbonyl (C=O) groups is 2. The molecule has 20 heavy (non-hydrogen) atoms. The number of carboxylic acid groups (broad SMARTS) is 1. The molecule has 7 heteroatoms. The van der Waals surface area contributed by atoms with Gasteiger partial charge in [0.15, 0.2) is 12.6 Å². The molecule has 1 heterocycles. The summed E-state index contributed by atoms with van der Waals surface area (Å²) < 4.78 is 23.0. The maximum Gasteiger partial charge on any atom is 0.328 e. The number of nitrogens with zero attached hydrogens (tertiary/aromatic N) is 1. The molecule has 1 fully saturated rings. The number of benzene rings is 1. The zero-order valence-electron chi connectivity index (χ0n) is 10.6. The summed E-state index contributed by atoms with van der Waals surface area (Å²) in [6, 6.07) is 4.24. The van der Waals surface area contributed by atoms with Crippen molar-refractivity contribution in [1.29, 1.82) is 0 Å². The molecule has 2 rings (SSSR count). The predicted octanol–water partition coefficient (Wildman–Crippen LogP) is 0.516. The Balaban J connectivity index is 1.93. The van der Waals surface area contributed by atoms with E-state index in [1.807, 2.05) is 0 Å². The summed E-state index contributed by atoms with van der Waals surface area (Å²) in [7, 11) is 0. The lowest BCUT2D eigenvalue weighted by atomic mass is 10.2. The Hall–Kier alpha value is -2.15. The Bertz CT molecular complexity index is 490. The Morgan fingerprint density at radius 1 is 1.40 bits per heavy atom. The average molecular weight is 283 g/mol. The lowest BCUT2D eigenvalue weighted by Crippen LogP contribution is -2.53. The van der Waals surface area contributed by atoms with Crippen molar-refractivity contribution >= 4 is 11.9 Å². The van der Waals surface area contributed by atoms with Crippen LogP contribution in [-0.4, -0.2) is 54.3 Å². The molecular formula is C13H14FNO5. The first kappa shape index (κ1) is 14.3. The molecule has 1 aromatic carbocycles. The Labute approximate surface area is 114 Å². The van der Waals surface area contributed by atoms with Crippen molar-refractivity contribution in [2.45, 2.75) is 6.04 Å². The fraction of sp³-hybridized carbons (Fsp3) is 0.385. The topological polar surface area (TPSA) is 76.1 Å². The second-order valence-corrected chi connectivity index (χ2v) is 4.26. The van der Waals surface area contributed by atoms with E-state index in [1.54, 1.807) is 0 Å². The number of carbonyl (C=O) groups excluding carboxylic acids is 1. The summed E-state index contributed by atoms with van der Waals surface area (Å²) in [5.41, 5.74) is 0. The number of carboxylic acids is 1. The van der Waals surface area contributed by atoms with Crippen LogP contribution >= 0.6 is 0 Å². The molecule has 0 aliphatic carbocycles. The average Bonchev–Trinajstić information content (AvgIpc) is 2.46. The van der Waals surface area contributed by atoms with E-state index in [2.05, 4.69) is 0 Å². The normalized spacial score (nSPS) is 18.6. The van der Waals surface area contributed by atoms with Crippen LogP contribution in [0.25, 0.3) is 0 Å². The molecule has 1 saturated heterocycles. The van der Waals surface area contributed by atoms with Crippen molar-refractivity contribution in [3.63, 3.8) is 0 Å². The van der Waals surface area contributed by atoms with Crippen molar-refractivity contribution in [2.24, 2.45) is 0 Å². The van der Waals surface area contributed by atoms with Crippen LogP contribution < -0.4 is 4.74 Å². The van der Waals surface area contributed by atoms with Crippen molar-refractivity contribution in [2.75, 3.05) is 26.4 Å². The van der Waals surface area contributed by atoms with Gasteiger partial charge in [-0.1, -0.05) is 0 Å². The molecule has 0 spiro atoms. The number of ether oxygens (including phenoxy) is 2. The number of rotatable bonds is 4. The monoisotopic (exact) mass is 283 g/mol. The third-order valence-electron chi connectivity index (χ3n) is 2.91. The molecule has 0 bridgehead atoms. The highest BCUT2D eigenvalue weighted by atomic mass is 19.1. The Morgan fingerprint density at radius 2 is 2.10 bits per heavy atom. The second kappa shape index (κ2) is 6.33. The van der Waals surface area contributed by atoms with Crippen LogP contribution in [0.2, 0.25) is 0 Å². The molecule has 0 unspecified atom stereocenters. The van der Waals surface area contributed by atoms with Gasteiger partial charge in [0.25, 0.3) is 5.91 Å². The lowest BCUT2D eigenvalue weighted by molar-refractivity contribution is -0.159. The van der Waals surface area contributed by atoms with Crippen LogP contribution in [0, 0.1) is 5.82 Å². The van der Waals surface area contributed by atoms with Gasteiger partial charge in [0.2, 0.25) is 0 Å². The van der Waals surface area contributed by atoms with E-state index in [0.717, 1.165) is 0 Å². The molecule has 0 saturated carbocycles. The molecule has 1 aliphatic rings. The third-order valence-corrected chi connectivity index (χ3v) is 2.91. The number of aliphatic carboxylic acids is 1. The van der Waals surface area contributed by atoms with Gasteiger partial charge in [0, 0.05) is 6.54 Å². The number of halogens is 1. The third kappa shape index (κ3) is 3.45. The Morgan fingerprint density at radius 3 is 2.75 bits per heavy atom. The van der Waals surface area contributed by atoms with E-state index in [0.29, 0.717) is 12.4 Å². The fourth-order valence-electron chi connectivity index (χ4n) is 1.87. The highest BCUT2D eigenvalue weighted by Crippen LogP contribution is 2.12. The van der Waals surface area contributed by atoms with Gasteiger partial charge in [-0.05, 0) is 24.3 Å². The summed E-state index contributed by atoms with van der Waals surface area (Å²) in [5.74, 6) is -1.60. The highest BCUT2D eigenvalue weighted by Gasteiger charge is 2.32. The standard InChI is InChI=1S/C13H14FNO5/c14-9-1-3-10(4-2-9)20-8-12(16)15-5-6-19-7-11(15)13(17)18/h1-4,11H,5-8H2,(H,17,18)/t11-/m1/s1. The first-order valence-corrected chi connectivity index (χ1v) is 6.06. The van der Waals surface area contributed by atoms with Gasteiger partial charge in [-0.2, -0.15) is 0 Å².